The van der Waals surface area contributed by atoms with Gasteiger partial charge in [0.25, 0.3) is 0 Å². The number of carboxylic acids is 1. The highest BCUT2D eigenvalue weighted by Crippen LogP contribution is 2.29. The van der Waals surface area contributed by atoms with E-state index in [1.54, 1.807) is 6.92 Å². The molecule has 0 bridgehead atoms. The zero-order chi connectivity index (χ0) is 33.9. The van der Waals surface area contributed by atoms with E-state index in [1.165, 1.54) is 173 Å². The molecule has 3 unspecified atom stereocenters. The third-order valence-corrected chi connectivity index (χ3v) is 10.5. The van der Waals surface area contributed by atoms with E-state index in [1.807, 2.05) is 0 Å². The van der Waals surface area contributed by atoms with Gasteiger partial charge >= 0.3 is 0 Å². The highest BCUT2D eigenvalue weighted by molar-refractivity contribution is 5.84. The van der Waals surface area contributed by atoms with E-state index in [2.05, 4.69) is 26.1 Å². The van der Waals surface area contributed by atoms with Crippen LogP contribution in [-0.4, -0.2) is 18.4 Å². The first-order valence-electron chi connectivity index (χ1n) is 21.0. The summed E-state index contributed by atoms with van der Waals surface area (Å²) in [6.45, 7) is 8.99. The molecule has 0 aromatic rings. The number of carbonyl (C=O) groups is 2. The van der Waals surface area contributed by atoms with Crippen LogP contribution in [0.15, 0.2) is 0 Å². The van der Waals surface area contributed by atoms with Crippen molar-refractivity contribution in [3.63, 3.8) is 0 Å². The van der Waals surface area contributed by atoms with Gasteiger partial charge in [0.1, 0.15) is 0 Å². The van der Waals surface area contributed by atoms with Gasteiger partial charge in [-0.15, -0.1) is 0 Å². The van der Waals surface area contributed by atoms with Gasteiger partial charge in [-0.2, -0.15) is 0 Å². The normalized spacial score (nSPS) is 13.5. The van der Waals surface area contributed by atoms with Crippen molar-refractivity contribution in [2.75, 3.05) is 6.54 Å². The van der Waals surface area contributed by atoms with Crippen LogP contribution in [0.4, 0.5) is 0 Å². The molecule has 0 heterocycles. The van der Waals surface area contributed by atoms with E-state index in [0.717, 1.165) is 32.1 Å². The fourth-order valence-electron chi connectivity index (χ4n) is 7.24. The van der Waals surface area contributed by atoms with Crippen LogP contribution in [0.2, 0.25) is 0 Å². The third kappa shape index (κ3) is 28.0. The number of unbranched alkanes of at least 4 members (excludes halogenated alkanes) is 28. The number of carbonyl (C=O) groups excluding carboxylic acids is 2. The predicted octanol–water partition coefficient (Wildman–Crippen LogP) is 12.3. The fraction of sp³-hybridized carbons (Fsp3) is 0.952. The first-order chi connectivity index (χ1) is 22.5. The topological polar surface area (TPSA) is 69.2 Å². The molecule has 0 saturated heterocycles. The van der Waals surface area contributed by atoms with E-state index >= 15 is 0 Å². The zero-order valence-corrected chi connectivity index (χ0v) is 31.8. The molecule has 0 rings (SSSR count). The highest BCUT2D eigenvalue weighted by Gasteiger charge is 2.32. The van der Waals surface area contributed by atoms with E-state index in [4.69, 9.17) is 0 Å². The summed E-state index contributed by atoms with van der Waals surface area (Å²) in [7, 11) is 0. The van der Waals surface area contributed by atoms with Crippen LogP contribution in [0.5, 0.6) is 0 Å². The summed E-state index contributed by atoms with van der Waals surface area (Å²) in [4.78, 5) is 25.0. The third-order valence-electron chi connectivity index (χ3n) is 10.5. The highest BCUT2D eigenvalue weighted by atomic mass is 16.4. The molecule has 1 N–H and O–H groups in total. The van der Waals surface area contributed by atoms with Crippen molar-refractivity contribution in [1.82, 2.24) is 5.32 Å². The maximum Gasteiger partial charge on any atom is 0.224 e. The number of hydrogen-bond donors (Lipinski definition) is 1. The van der Waals surface area contributed by atoms with Crippen LogP contribution in [0, 0.1) is 17.8 Å². The number of aliphatic carboxylic acids is 1. The average Bonchev–Trinajstić information content (AvgIpc) is 3.05. The van der Waals surface area contributed by atoms with Gasteiger partial charge in [0.2, 0.25) is 5.91 Å². The Kier molecular flexibility index (Phi) is 34.4. The van der Waals surface area contributed by atoms with E-state index in [-0.39, 0.29) is 11.8 Å². The van der Waals surface area contributed by atoms with Crippen LogP contribution in [0.25, 0.3) is 0 Å². The molecular weight excluding hydrogens is 566 g/mol. The number of carboxylic acid groups (broad SMARTS) is 1. The quantitative estimate of drug-likeness (QED) is 0.0681. The molecule has 0 aromatic heterocycles. The molecule has 0 spiro atoms. The van der Waals surface area contributed by atoms with Crippen molar-refractivity contribution in [3.8, 4) is 0 Å². The molecule has 3 atom stereocenters. The van der Waals surface area contributed by atoms with Crippen molar-refractivity contribution in [2.24, 2.45) is 17.8 Å². The Morgan fingerprint density at radius 3 is 1.09 bits per heavy atom. The minimum atomic E-state index is -1.10. The Morgan fingerprint density at radius 2 is 0.783 bits per heavy atom. The van der Waals surface area contributed by atoms with Gasteiger partial charge in [0.05, 0.1) is 0 Å². The summed E-state index contributed by atoms with van der Waals surface area (Å²) in [6.07, 6.45) is 41.7. The van der Waals surface area contributed by atoms with Gasteiger partial charge in [0.15, 0.2) is 0 Å². The molecule has 0 aromatic carbocycles. The number of rotatable bonds is 37. The van der Waals surface area contributed by atoms with Gasteiger partial charge in [-0.05, 0) is 18.8 Å². The molecule has 0 radical (unpaired) electrons. The van der Waals surface area contributed by atoms with Gasteiger partial charge < -0.3 is 15.2 Å². The molecule has 0 aliphatic rings. The summed E-state index contributed by atoms with van der Waals surface area (Å²) in [5, 5.41) is 14.9. The monoisotopic (exact) mass is 649 g/mol. The Bertz CT molecular complexity index is 651. The first-order valence-corrected chi connectivity index (χ1v) is 21.0. The van der Waals surface area contributed by atoms with Crippen molar-refractivity contribution >= 4 is 11.9 Å². The summed E-state index contributed by atoms with van der Waals surface area (Å²) in [6, 6.07) is 0. The van der Waals surface area contributed by atoms with E-state index < -0.39 is 17.8 Å². The predicted molar refractivity (Wildman–Crippen MR) is 199 cm³/mol. The summed E-state index contributed by atoms with van der Waals surface area (Å²) in [5.41, 5.74) is 0. The fourth-order valence-corrected chi connectivity index (χ4v) is 7.24. The molecule has 46 heavy (non-hydrogen) atoms. The molecule has 274 valence electrons. The lowest BCUT2D eigenvalue weighted by Crippen LogP contribution is -2.45. The number of amides is 1. The molecule has 1 amide bonds. The van der Waals surface area contributed by atoms with Crippen LogP contribution in [-0.2, 0) is 9.59 Å². The molecule has 0 aliphatic heterocycles. The first kappa shape index (κ1) is 44.9. The van der Waals surface area contributed by atoms with Crippen LogP contribution >= 0.6 is 0 Å². The van der Waals surface area contributed by atoms with Gasteiger partial charge in [0, 0.05) is 24.3 Å². The molecule has 0 saturated carbocycles. The maximum absolute atomic E-state index is 13.2. The van der Waals surface area contributed by atoms with Gasteiger partial charge in [-0.25, -0.2) is 0 Å². The second kappa shape index (κ2) is 35.3. The molecule has 4 heteroatoms. The largest absolute Gasteiger partial charge is 0.550 e. The minimum absolute atomic E-state index is 0.0743. The van der Waals surface area contributed by atoms with Gasteiger partial charge in [-0.3, -0.25) is 4.79 Å². The smallest absolute Gasteiger partial charge is 0.224 e. The second-order valence-electron chi connectivity index (χ2n) is 14.8. The van der Waals surface area contributed by atoms with Crippen molar-refractivity contribution in [2.45, 2.75) is 233 Å². The lowest BCUT2D eigenvalue weighted by atomic mass is 9.77. The summed E-state index contributed by atoms with van der Waals surface area (Å²) >= 11 is 0. The van der Waals surface area contributed by atoms with Crippen LogP contribution < -0.4 is 10.4 Å². The Labute approximate surface area is 288 Å². The second-order valence-corrected chi connectivity index (χ2v) is 14.8. The lowest BCUT2D eigenvalue weighted by Gasteiger charge is -2.31. The van der Waals surface area contributed by atoms with Crippen LogP contribution in [0.1, 0.15) is 233 Å². The van der Waals surface area contributed by atoms with Crippen molar-refractivity contribution in [3.05, 3.63) is 0 Å². The van der Waals surface area contributed by atoms with Crippen molar-refractivity contribution < 1.29 is 14.7 Å². The Morgan fingerprint density at radius 1 is 0.478 bits per heavy atom. The molecule has 4 nitrogen and oxygen atoms in total. The number of hydrogen-bond acceptors (Lipinski definition) is 3. The standard InChI is InChI=1S/C42H83NO3/c1-5-8-10-12-14-16-18-20-22-23-24-26-28-30-32-34-36-39(7-3)40(38(4)42(45)46)41(44)43-37-35-33-31-29-27-25-21-19-17-15-13-11-9-6-2/h38-40H,5-37H2,1-4H3,(H,43,44)(H,45,46)/p-1. The molecular formula is C42H82NO3-. The maximum atomic E-state index is 13.2. The zero-order valence-electron chi connectivity index (χ0n) is 31.8. The van der Waals surface area contributed by atoms with Crippen LogP contribution in [0.3, 0.4) is 0 Å². The van der Waals surface area contributed by atoms with E-state index in [9.17, 15) is 14.7 Å². The van der Waals surface area contributed by atoms with Crippen molar-refractivity contribution in [1.29, 1.82) is 0 Å². The summed E-state index contributed by atoms with van der Waals surface area (Å²) in [5.74, 6) is -2.30. The Balaban J connectivity index is 3.99. The molecule has 0 fully saturated rings. The summed E-state index contributed by atoms with van der Waals surface area (Å²) < 4.78 is 0. The minimum Gasteiger partial charge on any atom is -0.550 e. The SMILES string of the molecule is CCCCCCCCCCCCCCCCCCC(CC)C(C(=O)NCCCCCCCCCCCCCCCC)C(C)C(=O)[O-]. The van der Waals surface area contributed by atoms with E-state index in [0.29, 0.717) is 6.54 Å². The average molecular weight is 649 g/mol. The Hall–Kier alpha value is -1.06. The lowest BCUT2D eigenvalue weighted by molar-refractivity contribution is -0.313. The van der Waals surface area contributed by atoms with Gasteiger partial charge in [-0.1, -0.05) is 220 Å². The number of nitrogens with one attached hydrogen (secondary N) is 1. The molecule has 0 aliphatic carbocycles.